The largest absolute Gasteiger partial charge is 0.376 e. The first-order valence-electron chi connectivity index (χ1n) is 7.47. The Morgan fingerprint density at radius 1 is 1.45 bits per heavy atom. The molecular weight excluding hydrogens is 318 g/mol. The molecule has 1 aromatic carbocycles. The molecule has 1 saturated heterocycles. The molecule has 1 atom stereocenters. The highest BCUT2D eigenvalue weighted by atomic mass is 79.9. The number of hydrogen-bond acceptors (Lipinski definition) is 3. The number of rotatable bonds is 8. The van der Waals surface area contributed by atoms with Crippen LogP contribution in [-0.2, 0) is 22.6 Å². The Bertz CT molecular complexity index is 405. The molecule has 1 heterocycles. The summed E-state index contributed by atoms with van der Waals surface area (Å²) in [7, 11) is 0. The van der Waals surface area contributed by atoms with Gasteiger partial charge in [-0.1, -0.05) is 35.0 Å². The SMILES string of the molecule is CCCNCc1ccc(COCC2CCCO2)c(Br)c1. The van der Waals surface area contributed by atoms with E-state index in [0.29, 0.717) is 19.3 Å². The summed E-state index contributed by atoms with van der Waals surface area (Å²) in [6.45, 7) is 6.39. The monoisotopic (exact) mass is 341 g/mol. The average Bonchev–Trinajstić information content (AvgIpc) is 2.95. The Morgan fingerprint density at radius 3 is 3.05 bits per heavy atom. The van der Waals surface area contributed by atoms with Gasteiger partial charge in [-0.25, -0.2) is 0 Å². The van der Waals surface area contributed by atoms with Crippen molar-refractivity contribution in [1.82, 2.24) is 5.32 Å². The maximum absolute atomic E-state index is 5.75. The fourth-order valence-corrected chi connectivity index (χ4v) is 2.84. The zero-order valence-corrected chi connectivity index (χ0v) is 13.7. The summed E-state index contributed by atoms with van der Waals surface area (Å²) in [4.78, 5) is 0. The molecule has 0 aliphatic carbocycles. The Kier molecular flexibility index (Phi) is 7.00. The van der Waals surface area contributed by atoms with Gasteiger partial charge in [0.25, 0.3) is 0 Å². The second-order valence-electron chi connectivity index (χ2n) is 5.25. The molecule has 1 aliphatic heterocycles. The van der Waals surface area contributed by atoms with Gasteiger partial charge >= 0.3 is 0 Å². The topological polar surface area (TPSA) is 30.5 Å². The van der Waals surface area contributed by atoms with Crippen molar-refractivity contribution in [2.24, 2.45) is 0 Å². The van der Waals surface area contributed by atoms with Gasteiger partial charge in [0.15, 0.2) is 0 Å². The third-order valence-corrected chi connectivity index (χ3v) is 4.20. The van der Waals surface area contributed by atoms with Crippen molar-refractivity contribution >= 4 is 15.9 Å². The summed E-state index contributed by atoms with van der Waals surface area (Å²) in [5.74, 6) is 0. The Hall–Kier alpha value is -0.420. The van der Waals surface area contributed by atoms with Crippen molar-refractivity contribution in [3.05, 3.63) is 33.8 Å². The lowest BCUT2D eigenvalue weighted by Gasteiger charge is -2.12. The Balaban J connectivity index is 1.76. The molecule has 0 aromatic heterocycles. The lowest BCUT2D eigenvalue weighted by molar-refractivity contribution is 0.0104. The van der Waals surface area contributed by atoms with Crippen molar-refractivity contribution in [3.63, 3.8) is 0 Å². The molecule has 1 unspecified atom stereocenters. The predicted octanol–water partition coefficient (Wildman–Crippen LogP) is 3.64. The third-order valence-electron chi connectivity index (χ3n) is 3.46. The van der Waals surface area contributed by atoms with Crippen molar-refractivity contribution in [1.29, 1.82) is 0 Å². The van der Waals surface area contributed by atoms with Crippen molar-refractivity contribution in [2.75, 3.05) is 19.8 Å². The molecular formula is C16H24BrNO2. The molecule has 0 amide bonds. The lowest BCUT2D eigenvalue weighted by atomic mass is 10.1. The minimum absolute atomic E-state index is 0.297. The minimum atomic E-state index is 0.297. The number of nitrogens with one attached hydrogen (secondary N) is 1. The smallest absolute Gasteiger partial charge is 0.0809 e. The summed E-state index contributed by atoms with van der Waals surface area (Å²) in [5, 5.41) is 3.41. The molecule has 0 saturated carbocycles. The second kappa shape index (κ2) is 8.78. The second-order valence-corrected chi connectivity index (χ2v) is 6.11. The van der Waals surface area contributed by atoms with Crippen LogP contribution in [0.1, 0.15) is 37.3 Å². The number of halogens is 1. The van der Waals surface area contributed by atoms with E-state index in [4.69, 9.17) is 9.47 Å². The van der Waals surface area contributed by atoms with Gasteiger partial charge in [-0.15, -0.1) is 0 Å². The van der Waals surface area contributed by atoms with Crippen LogP contribution in [0.5, 0.6) is 0 Å². The van der Waals surface area contributed by atoms with E-state index in [1.54, 1.807) is 0 Å². The van der Waals surface area contributed by atoms with Crippen LogP contribution >= 0.6 is 15.9 Å². The first-order chi connectivity index (χ1) is 9.79. The fraction of sp³-hybridized carbons (Fsp3) is 0.625. The van der Waals surface area contributed by atoms with Crippen LogP contribution in [0.25, 0.3) is 0 Å². The summed E-state index contributed by atoms with van der Waals surface area (Å²) in [5.41, 5.74) is 2.50. The predicted molar refractivity (Wildman–Crippen MR) is 84.8 cm³/mol. The van der Waals surface area contributed by atoms with Gasteiger partial charge in [-0.05, 0) is 43.0 Å². The van der Waals surface area contributed by atoms with Gasteiger partial charge in [0.05, 0.1) is 19.3 Å². The molecule has 3 nitrogen and oxygen atoms in total. The van der Waals surface area contributed by atoms with Crippen LogP contribution in [0.15, 0.2) is 22.7 Å². The molecule has 1 aromatic rings. The third kappa shape index (κ3) is 5.17. The van der Waals surface area contributed by atoms with Crippen LogP contribution in [0.4, 0.5) is 0 Å². The summed E-state index contributed by atoms with van der Waals surface area (Å²) in [6.07, 6.45) is 3.75. The van der Waals surface area contributed by atoms with E-state index in [1.165, 1.54) is 11.1 Å². The van der Waals surface area contributed by atoms with E-state index >= 15 is 0 Å². The Labute approximate surface area is 130 Å². The number of hydrogen-bond donors (Lipinski definition) is 1. The van der Waals surface area contributed by atoms with Gasteiger partial charge in [-0.2, -0.15) is 0 Å². The first kappa shape index (κ1) is 16.0. The summed E-state index contributed by atoms with van der Waals surface area (Å²) >= 11 is 3.63. The molecule has 112 valence electrons. The zero-order chi connectivity index (χ0) is 14.2. The van der Waals surface area contributed by atoms with Gasteiger partial charge in [-0.3, -0.25) is 0 Å². The van der Waals surface area contributed by atoms with Gasteiger partial charge in [0.1, 0.15) is 0 Å². The van der Waals surface area contributed by atoms with Crippen LogP contribution in [0.2, 0.25) is 0 Å². The first-order valence-corrected chi connectivity index (χ1v) is 8.26. The van der Waals surface area contributed by atoms with Crippen molar-refractivity contribution < 1.29 is 9.47 Å². The highest BCUT2D eigenvalue weighted by molar-refractivity contribution is 9.10. The van der Waals surface area contributed by atoms with E-state index in [1.807, 2.05) is 0 Å². The quantitative estimate of drug-likeness (QED) is 0.732. The van der Waals surface area contributed by atoms with E-state index in [2.05, 4.69) is 46.4 Å². The van der Waals surface area contributed by atoms with Crippen LogP contribution in [-0.4, -0.2) is 25.9 Å². The molecule has 1 N–H and O–H groups in total. The number of benzene rings is 1. The van der Waals surface area contributed by atoms with Crippen LogP contribution in [0, 0.1) is 0 Å². The molecule has 20 heavy (non-hydrogen) atoms. The highest BCUT2D eigenvalue weighted by Crippen LogP contribution is 2.20. The van der Waals surface area contributed by atoms with E-state index in [9.17, 15) is 0 Å². The van der Waals surface area contributed by atoms with Crippen molar-refractivity contribution in [3.8, 4) is 0 Å². The van der Waals surface area contributed by atoms with Crippen LogP contribution < -0.4 is 5.32 Å². The van der Waals surface area contributed by atoms with Crippen LogP contribution in [0.3, 0.4) is 0 Å². The van der Waals surface area contributed by atoms with E-state index in [-0.39, 0.29) is 0 Å². The van der Waals surface area contributed by atoms with Gasteiger partial charge in [0.2, 0.25) is 0 Å². The molecule has 0 spiro atoms. The average molecular weight is 342 g/mol. The fourth-order valence-electron chi connectivity index (χ4n) is 2.30. The van der Waals surface area contributed by atoms with E-state index in [0.717, 1.165) is 43.4 Å². The van der Waals surface area contributed by atoms with Gasteiger partial charge < -0.3 is 14.8 Å². The maximum Gasteiger partial charge on any atom is 0.0809 e. The normalized spacial score (nSPS) is 18.6. The standard InChI is InChI=1S/C16H24BrNO2/c1-2-7-18-10-13-5-6-14(16(17)9-13)11-19-12-15-4-3-8-20-15/h5-6,9,15,18H,2-4,7-8,10-12H2,1H3. The molecule has 0 radical (unpaired) electrons. The Morgan fingerprint density at radius 2 is 2.35 bits per heavy atom. The highest BCUT2D eigenvalue weighted by Gasteiger charge is 2.15. The lowest BCUT2D eigenvalue weighted by Crippen LogP contribution is -2.14. The van der Waals surface area contributed by atoms with Gasteiger partial charge in [0, 0.05) is 17.6 Å². The molecule has 2 rings (SSSR count). The molecule has 0 bridgehead atoms. The summed E-state index contributed by atoms with van der Waals surface area (Å²) in [6, 6.07) is 6.48. The number of ether oxygens (including phenoxy) is 2. The maximum atomic E-state index is 5.75. The zero-order valence-electron chi connectivity index (χ0n) is 12.2. The molecule has 4 heteroatoms. The van der Waals surface area contributed by atoms with E-state index < -0.39 is 0 Å². The minimum Gasteiger partial charge on any atom is -0.376 e. The molecule has 1 fully saturated rings. The van der Waals surface area contributed by atoms with Crippen molar-refractivity contribution in [2.45, 2.75) is 45.4 Å². The summed E-state index contributed by atoms with van der Waals surface area (Å²) < 4.78 is 12.4. The molecule has 1 aliphatic rings.